The van der Waals surface area contributed by atoms with Gasteiger partial charge in [0.2, 0.25) is 5.88 Å². The van der Waals surface area contributed by atoms with Crippen molar-refractivity contribution in [3.8, 4) is 5.88 Å². The number of rotatable bonds is 5. The number of hydrogen-bond acceptors (Lipinski definition) is 4. The van der Waals surface area contributed by atoms with Crippen LogP contribution < -0.4 is 9.46 Å². The quantitative estimate of drug-likeness (QED) is 0.735. The Morgan fingerprint density at radius 2 is 2.24 bits per heavy atom. The third-order valence-corrected chi connectivity index (χ3v) is 5.30. The van der Waals surface area contributed by atoms with Gasteiger partial charge in [-0.3, -0.25) is 9.12 Å². The summed E-state index contributed by atoms with van der Waals surface area (Å²) in [6.45, 7) is 0. The number of imidazole rings is 1. The molecule has 3 heterocycles. The molecule has 0 radical (unpaired) electrons. The summed E-state index contributed by atoms with van der Waals surface area (Å²) in [5, 5.41) is 0.884. The Labute approximate surface area is 150 Å². The van der Waals surface area contributed by atoms with E-state index < -0.39 is 16.8 Å². The van der Waals surface area contributed by atoms with E-state index in [1.165, 1.54) is 19.4 Å². The molecule has 9 heteroatoms. The van der Waals surface area contributed by atoms with Gasteiger partial charge in [-0.1, -0.05) is 11.6 Å². The summed E-state index contributed by atoms with van der Waals surface area (Å²) in [6.07, 6.45) is 5.10. The predicted octanol–water partition coefficient (Wildman–Crippen LogP) is 3.54. The van der Waals surface area contributed by atoms with Crippen LogP contribution in [0.5, 0.6) is 5.88 Å². The average molecular weight is 381 g/mol. The van der Waals surface area contributed by atoms with Gasteiger partial charge in [0, 0.05) is 22.8 Å². The summed E-state index contributed by atoms with van der Waals surface area (Å²) < 4.78 is 36.4. The summed E-state index contributed by atoms with van der Waals surface area (Å²) in [5.41, 5.74) is 1.30. The molecule has 1 unspecified atom stereocenters. The van der Waals surface area contributed by atoms with Gasteiger partial charge in [-0.05, 0) is 30.9 Å². The standard InChI is InChI=1S/C16H14ClFN4O2S/c1-24-16-11(9-2-3-9)7-12(18)15(20-16)21-25(23)14-8-19-13-6-10(17)4-5-22(13)14/h4-9H,2-3H2,1H3,(H,20,21). The Hall–Kier alpha value is -2.19. The summed E-state index contributed by atoms with van der Waals surface area (Å²) >= 11 is 5.92. The highest BCUT2D eigenvalue weighted by molar-refractivity contribution is 7.86. The van der Waals surface area contributed by atoms with Crippen LogP contribution in [0.3, 0.4) is 0 Å². The van der Waals surface area contributed by atoms with Gasteiger partial charge < -0.3 is 4.74 Å². The minimum atomic E-state index is -1.76. The third-order valence-electron chi connectivity index (χ3n) is 4.00. The maximum absolute atomic E-state index is 14.4. The molecule has 1 saturated carbocycles. The molecule has 0 aromatic carbocycles. The minimum Gasteiger partial charge on any atom is -0.481 e. The van der Waals surface area contributed by atoms with Gasteiger partial charge in [-0.2, -0.15) is 4.98 Å². The van der Waals surface area contributed by atoms with Crippen molar-refractivity contribution in [2.24, 2.45) is 0 Å². The summed E-state index contributed by atoms with van der Waals surface area (Å²) in [6, 6.07) is 4.70. The first kappa shape index (κ1) is 16.3. The molecule has 1 fully saturated rings. The second-order valence-corrected chi connectivity index (χ2v) is 7.33. The first-order valence-corrected chi connectivity index (χ1v) is 9.15. The fourth-order valence-electron chi connectivity index (χ4n) is 2.62. The van der Waals surface area contributed by atoms with E-state index in [0.717, 1.165) is 18.4 Å². The van der Waals surface area contributed by atoms with Crippen molar-refractivity contribution in [2.75, 3.05) is 11.8 Å². The van der Waals surface area contributed by atoms with Gasteiger partial charge >= 0.3 is 0 Å². The van der Waals surface area contributed by atoms with Gasteiger partial charge in [-0.15, -0.1) is 0 Å². The fraction of sp³-hybridized carbons (Fsp3) is 0.250. The zero-order valence-corrected chi connectivity index (χ0v) is 14.8. The van der Waals surface area contributed by atoms with E-state index >= 15 is 0 Å². The number of halogens is 2. The van der Waals surface area contributed by atoms with Gasteiger partial charge in [0.15, 0.2) is 27.6 Å². The van der Waals surface area contributed by atoms with Crippen LogP contribution in [0.1, 0.15) is 24.3 Å². The number of pyridine rings is 2. The zero-order valence-electron chi connectivity index (χ0n) is 13.2. The normalized spacial score (nSPS) is 15.3. The molecule has 0 aliphatic heterocycles. The summed E-state index contributed by atoms with van der Waals surface area (Å²) in [4.78, 5) is 8.29. The molecule has 0 saturated heterocycles. The first-order valence-electron chi connectivity index (χ1n) is 7.62. The SMILES string of the molecule is COc1nc(NS(=O)c2cnc3cc(Cl)ccn23)c(F)cc1C1CC1. The fourth-order valence-corrected chi connectivity index (χ4v) is 3.68. The minimum absolute atomic E-state index is 0.122. The molecule has 4 rings (SSSR count). The van der Waals surface area contributed by atoms with Crippen molar-refractivity contribution < 1.29 is 13.3 Å². The maximum atomic E-state index is 14.4. The lowest BCUT2D eigenvalue weighted by Crippen LogP contribution is -2.11. The Bertz CT molecular complexity index is 990. The van der Waals surface area contributed by atoms with Crippen LogP contribution in [0.15, 0.2) is 35.6 Å². The van der Waals surface area contributed by atoms with Gasteiger partial charge in [0.25, 0.3) is 0 Å². The van der Waals surface area contributed by atoms with Crippen LogP contribution in [-0.2, 0) is 11.0 Å². The highest BCUT2D eigenvalue weighted by Gasteiger charge is 2.29. The van der Waals surface area contributed by atoms with Crippen LogP contribution in [0.25, 0.3) is 5.65 Å². The number of anilines is 1. The van der Waals surface area contributed by atoms with Crippen LogP contribution in [0.2, 0.25) is 5.02 Å². The highest BCUT2D eigenvalue weighted by Crippen LogP contribution is 2.44. The molecule has 1 aliphatic carbocycles. The molecule has 25 heavy (non-hydrogen) atoms. The first-order chi connectivity index (χ1) is 12.1. The lowest BCUT2D eigenvalue weighted by atomic mass is 10.2. The smallest absolute Gasteiger partial charge is 0.218 e. The van der Waals surface area contributed by atoms with Crippen molar-refractivity contribution in [3.63, 3.8) is 0 Å². The van der Waals surface area contributed by atoms with Crippen LogP contribution in [0.4, 0.5) is 10.2 Å². The zero-order chi connectivity index (χ0) is 17.6. The van der Waals surface area contributed by atoms with Gasteiger partial charge in [0.1, 0.15) is 5.65 Å². The van der Waals surface area contributed by atoms with E-state index in [1.807, 2.05) is 0 Å². The van der Waals surface area contributed by atoms with Crippen molar-refractivity contribution in [1.29, 1.82) is 0 Å². The molecule has 3 aromatic heterocycles. The molecule has 6 nitrogen and oxygen atoms in total. The number of methoxy groups -OCH3 is 1. The van der Waals surface area contributed by atoms with Crippen LogP contribution >= 0.6 is 11.6 Å². The Morgan fingerprint density at radius 1 is 1.44 bits per heavy atom. The molecule has 1 atom stereocenters. The summed E-state index contributed by atoms with van der Waals surface area (Å²) in [5.74, 6) is -0.0373. The monoisotopic (exact) mass is 380 g/mol. The lowest BCUT2D eigenvalue weighted by Gasteiger charge is -2.11. The lowest BCUT2D eigenvalue weighted by molar-refractivity contribution is 0.391. The largest absolute Gasteiger partial charge is 0.481 e. The van der Waals surface area contributed by atoms with Crippen molar-refractivity contribution in [1.82, 2.24) is 14.4 Å². The molecule has 130 valence electrons. The Balaban J connectivity index is 1.66. The van der Waals surface area contributed by atoms with E-state index in [0.29, 0.717) is 27.5 Å². The van der Waals surface area contributed by atoms with Crippen molar-refractivity contribution in [3.05, 3.63) is 47.0 Å². The number of fused-ring (bicyclic) bond motifs is 1. The predicted molar refractivity (Wildman–Crippen MR) is 93.0 cm³/mol. The second-order valence-electron chi connectivity index (χ2n) is 5.73. The molecule has 1 N–H and O–H groups in total. The van der Waals surface area contributed by atoms with E-state index in [9.17, 15) is 8.60 Å². The number of nitrogens with one attached hydrogen (secondary N) is 1. The second kappa shape index (κ2) is 6.27. The van der Waals surface area contributed by atoms with E-state index in [1.54, 1.807) is 22.7 Å². The molecule has 3 aromatic rings. The number of ether oxygens (including phenoxy) is 1. The van der Waals surface area contributed by atoms with E-state index in [-0.39, 0.29) is 5.82 Å². The van der Waals surface area contributed by atoms with Crippen molar-refractivity contribution >= 4 is 34.1 Å². The van der Waals surface area contributed by atoms with Crippen molar-refractivity contribution in [2.45, 2.75) is 23.8 Å². The average Bonchev–Trinajstić information content (AvgIpc) is 3.35. The van der Waals surface area contributed by atoms with Crippen LogP contribution in [-0.4, -0.2) is 25.7 Å². The molecule has 0 amide bonds. The molecule has 0 bridgehead atoms. The third kappa shape index (κ3) is 3.07. The highest BCUT2D eigenvalue weighted by atomic mass is 35.5. The number of hydrogen-bond donors (Lipinski definition) is 1. The molecular weight excluding hydrogens is 367 g/mol. The number of nitrogens with zero attached hydrogens (tertiary/aromatic N) is 3. The number of aromatic nitrogens is 3. The van der Waals surface area contributed by atoms with E-state index in [2.05, 4.69) is 14.7 Å². The Kier molecular flexibility index (Phi) is 4.09. The maximum Gasteiger partial charge on any atom is 0.218 e. The molecular formula is C16H14ClFN4O2S. The van der Waals surface area contributed by atoms with E-state index in [4.69, 9.17) is 16.3 Å². The molecule has 0 spiro atoms. The Morgan fingerprint density at radius 3 is 2.96 bits per heavy atom. The van der Waals surface area contributed by atoms with Gasteiger partial charge in [-0.25, -0.2) is 13.6 Å². The van der Waals surface area contributed by atoms with Gasteiger partial charge in [0.05, 0.1) is 13.3 Å². The van der Waals surface area contributed by atoms with Crippen LogP contribution in [0, 0.1) is 5.82 Å². The molecule has 1 aliphatic rings. The topological polar surface area (TPSA) is 68.5 Å². The summed E-state index contributed by atoms with van der Waals surface area (Å²) in [7, 11) is -0.270.